The molecule has 1 saturated heterocycles. The molecular formula is C17H26Cl3N3O. The molecule has 0 aromatic heterocycles. The summed E-state index contributed by atoms with van der Waals surface area (Å²) in [5, 5.41) is 0.753. The van der Waals surface area contributed by atoms with Gasteiger partial charge in [0.25, 0.3) is 0 Å². The lowest BCUT2D eigenvalue weighted by Gasteiger charge is -2.40. The molecule has 7 heteroatoms. The van der Waals surface area contributed by atoms with Gasteiger partial charge in [-0.2, -0.15) is 0 Å². The number of carbonyl (C=O) groups excluding carboxylic acids is 1. The molecule has 24 heavy (non-hydrogen) atoms. The molecule has 1 aromatic rings. The number of amides is 1. The number of benzene rings is 1. The minimum absolute atomic E-state index is 0. The largest absolute Gasteiger partial charge is 0.368 e. The first-order valence-corrected chi connectivity index (χ1v) is 8.52. The van der Waals surface area contributed by atoms with Crippen LogP contribution in [0.15, 0.2) is 24.3 Å². The summed E-state index contributed by atoms with van der Waals surface area (Å²) in [5.74, 6) is 0.281. The third kappa shape index (κ3) is 4.29. The molecule has 2 fully saturated rings. The topological polar surface area (TPSA) is 49.6 Å². The smallest absolute Gasteiger partial charge is 0.230 e. The zero-order valence-corrected chi connectivity index (χ0v) is 16.1. The Labute approximate surface area is 161 Å². The Hall–Kier alpha value is -0.680. The fourth-order valence-corrected chi connectivity index (χ4v) is 3.84. The van der Waals surface area contributed by atoms with Crippen molar-refractivity contribution < 1.29 is 4.79 Å². The van der Waals surface area contributed by atoms with Gasteiger partial charge in [-0.3, -0.25) is 4.79 Å². The van der Waals surface area contributed by atoms with Crippen molar-refractivity contribution in [2.45, 2.75) is 25.7 Å². The summed E-state index contributed by atoms with van der Waals surface area (Å²) in [6, 6.07) is 7.91. The lowest BCUT2D eigenvalue weighted by atomic mass is 9.84. The summed E-state index contributed by atoms with van der Waals surface area (Å²) in [7, 11) is 0. The molecule has 4 nitrogen and oxygen atoms in total. The van der Waals surface area contributed by atoms with Crippen molar-refractivity contribution in [3.63, 3.8) is 0 Å². The minimum atomic E-state index is -0.275. The summed E-state index contributed by atoms with van der Waals surface area (Å²) in [6.45, 7) is 3.79. The van der Waals surface area contributed by atoms with E-state index in [0.717, 1.165) is 56.9 Å². The van der Waals surface area contributed by atoms with Gasteiger partial charge in [0, 0.05) is 43.4 Å². The number of hydrogen-bond donors (Lipinski definition) is 1. The number of rotatable bonds is 3. The average molecular weight is 395 g/mol. The van der Waals surface area contributed by atoms with Crippen molar-refractivity contribution in [2.75, 3.05) is 37.6 Å². The molecule has 1 amide bonds. The molecule has 1 heterocycles. The standard InChI is InChI=1S/C17H24ClN3O.2ClH/c18-14-3-5-15(6-4-14)20-9-11-21(12-10-20)16(22)17(13-19)7-1-2-8-17;;/h3-6H,1-2,7-13,19H2;2*1H. The molecular weight excluding hydrogens is 369 g/mol. The van der Waals surface area contributed by atoms with Crippen LogP contribution >= 0.6 is 36.4 Å². The molecule has 136 valence electrons. The van der Waals surface area contributed by atoms with Crippen molar-refractivity contribution in [1.29, 1.82) is 0 Å². The lowest BCUT2D eigenvalue weighted by molar-refractivity contribution is -0.141. The Morgan fingerprint density at radius 1 is 1.04 bits per heavy atom. The van der Waals surface area contributed by atoms with Gasteiger partial charge in [0.05, 0.1) is 5.41 Å². The summed E-state index contributed by atoms with van der Waals surface area (Å²) in [4.78, 5) is 17.2. The quantitative estimate of drug-likeness (QED) is 0.855. The maximum atomic E-state index is 12.9. The Morgan fingerprint density at radius 3 is 2.08 bits per heavy atom. The fraction of sp³-hybridized carbons (Fsp3) is 0.588. The molecule has 0 atom stereocenters. The van der Waals surface area contributed by atoms with Gasteiger partial charge >= 0.3 is 0 Å². The molecule has 0 bridgehead atoms. The summed E-state index contributed by atoms with van der Waals surface area (Å²) >= 11 is 5.94. The number of carbonyl (C=O) groups is 1. The van der Waals surface area contributed by atoms with Crippen LogP contribution in [0.5, 0.6) is 0 Å². The van der Waals surface area contributed by atoms with Crippen LogP contribution in [-0.4, -0.2) is 43.5 Å². The van der Waals surface area contributed by atoms with Crippen molar-refractivity contribution in [3.8, 4) is 0 Å². The van der Waals surface area contributed by atoms with Crippen LogP contribution in [-0.2, 0) is 4.79 Å². The van der Waals surface area contributed by atoms with Gasteiger partial charge in [0.1, 0.15) is 0 Å². The van der Waals surface area contributed by atoms with Gasteiger partial charge < -0.3 is 15.5 Å². The first-order chi connectivity index (χ1) is 10.6. The van der Waals surface area contributed by atoms with Crippen molar-refractivity contribution >= 4 is 48.0 Å². The lowest BCUT2D eigenvalue weighted by Crippen LogP contribution is -2.54. The molecule has 2 N–H and O–H groups in total. The maximum absolute atomic E-state index is 12.9. The third-order valence-corrected chi connectivity index (χ3v) is 5.42. The first kappa shape index (κ1) is 21.4. The van der Waals surface area contributed by atoms with Crippen LogP contribution < -0.4 is 10.6 Å². The van der Waals surface area contributed by atoms with E-state index in [-0.39, 0.29) is 36.1 Å². The molecule has 1 aliphatic heterocycles. The number of halogens is 3. The van der Waals surface area contributed by atoms with Crippen LogP contribution in [0.1, 0.15) is 25.7 Å². The highest BCUT2D eigenvalue weighted by Crippen LogP contribution is 2.39. The number of piperazine rings is 1. The Morgan fingerprint density at radius 2 is 1.58 bits per heavy atom. The van der Waals surface area contributed by atoms with E-state index in [4.69, 9.17) is 17.3 Å². The van der Waals surface area contributed by atoms with Crippen molar-refractivity contribution in [1.82, 2.24) is 4.90 Å². The van der Waals surface area contributed by atoms with Crippen LogP contribution in [0, 0.1) is 5.41 Å². The van der Waals surface area contributed by atoms with E-state index in [9.17, 15) is 4.79 Å². The van der Waals surface area contributed by atoms with E-state index >= 15 is 0 Å². The Balaban J connectivity index is 0.00000144. The highest BCUT2D eigenvalue weighted by atomic mass is 35.5. The number of nitrogens with two attached hydrogens (primary N) is 1. The SMILES string of the molecule is Cl.Cl.NCC1(C(=O)N2CCN(c3ccc(Cl)cc3)CC2)CCCC1. The molecule has 0 radical (unpaired) electrons. The normalized spacial score (nSPS) is 19.4. The maximum Gasteiger partial charge on any atom is 0.230 e. The minimum Gasteiger partial charge on any atom is -0.368 e. The van der Waals surface area contributed by atoms with Gasteiger partial charge in [0.2, 0.25) is 5.91 Å². The Bertz CT molecular complexity index is 524. The molecule has 1 aliphatic carbocycles. The summed E-state index contributed by atoms with van der Waals surface area (Å²) in [6.07, 6.45) is 4.18. The van der Waals surface area contributed by atoms with Crippen molar-refractivity contribution in [2.24, 2.45) is 11.1 Å². The van der Waals surface area contributed by atoms with Gasteiger partial charge in [-0.25, -0.2) is 0 Å². The second-order valence-electron chi connectivity index (χ2n) is 6.45. The Kier molecular flexibility index (Phi) is 8.13. The summed E-state index contributed by atoms with van der Waals surface area (Å²) in [5.41, 5.74) is 6.84. The van der Waals surface area contributed by atoms with Crippen LogP contribution in [0.4, 0.5) is 5.69 Å². The zero-order valence-electron chi connectivity index (χ0n) is 13.7. The van der Waals surface area contributed by atoms with Gasteiger partial charge in [-0.15, -0.1) is 24.8 Å². The highest BCUT2D eigenvalue weighted by Gasteiger charge is 2.42. The number of hydrogen-bond acceptors (Lipinski definition) is 3. The van der Waals surface area contributed by atoms with Crippen LogP contribution in [0.2, 0.25) is 5.02 Å². The monoisotopic (exact) mass is 393 g/mol. The zero-order chi connectivity index (χ0) is 15.6. The van der Waals surface area contributed by atoms with E-state index in [2.05, 4.69) is 4.90 Å². The molecule has 1 saturated carbocycles. The fourth-order valence-electron chi connectivity index (χ4n) is 3.71. The average Bonchev–Trinajstić information content (AvgIpc) is 3.05. The third-order valence-electron chi connectivity index (χ3n) is 5.16. The number of anilines is 1. The van der Waals surface area contributed by atoms with E-state index in [1.54, 1.807) is 0 Å². The van der Waals surface area contributed by atoms with Gasteiger partial charge in [0.15, 0.2) is 0 Å². The molecule has 1 aromatic carbocycles. The molecule has 2 aliphatic rings. The van der Waals surface area contributed by atoms with Crippen LogP contribution in [0.25, 0.3) is 0 Å². The molecule has 3 rings (SSSR count). The predicted octanol–water partition coefficient (Wildman–Crippen LogP) is 3.35. The second kappa shape index (κ2) is 9.14. The van der Waals surface area contributed by atoms with E-state index in [1.807, 2.05) is 29.2 Å². The summed E-state index contributed by atoms with van der Waals surface area (Å²) < 4.78 is 0. The van der Waals surface area contributed by atoms with E-state index in [0.29, 0.717) is 6.54 Å². The van der Waals surface area contributed by atoms with E-state index < -0.39 is 0 Å². The molecule has 0 spiro atoms. The van der Waals surface area contributed by atoms with Gasteiger partial charge in [-0.1, -0.05) is 24.4 Å². The predicted molar refractivity (Wildman–Crippen MR) is 105 cm³/mol. The second-order valence-corrected chi connectivity index (χ2v) is 6.88. The van der Waals surface area contributed by atoms with Crippen molar-refractivity contribution in [3.05, 3.63) is 29.3 Å². The van der Waals surface area contributed by atoms with E-state index in [1.165, 1.54) is 5.69 Å². The van der Waals surface area contributed by atoms with Gasteiger partial charge in [-0.05, 0) is 37.1 Å². The number of nitrogens with zero attached hydrogens (tertiary/aromatic N) is 2. The highest BCUT2D eigenvalue weighted by molar-refractivity contribution is 6.30. The van der Waals surface area contributed by atoms with Crippen LogP contribution in [0.3, 0.4) is 0 Å². The first-order valence-electron chi connectivity index (χ1n) is 8.15. The molecule has 0 unspecified atom stereocenters.